The van der Waals surface area contributed by atoms with Crippen LogP contribution in [0.3, 0.4) is 0 Å². The Morgan fingerprint density at radius 2 is 1.82 bits per heavy atom. The van der Waals surface area contributed by atoms with Crippen molar-refractivity contribution in [2.24, 2.45) is 0 Å². The fraction of sp³-hybridized carbons (Fsp3) is 0.357. The Kier molecular flexibility index (Phi) is 7.87. The molecule has 2 aliphatic heterocycles. The van der Waals surface area contributed by atoms with Crippen LogP contribution >= 0.6 is 0 Å². The first-order chi connectivity index (χ1) is 19.4. The van der Waals surface area contributed by atoms with Crippen molar-refractivity contribution in [1.29, 1.82) is 0 Å². The molecule has 0 aliphatic carbocycles. The van der Waals surface area contributed by atoms with Crippen LogP contribution in [0.2, 0.25) is 0 Å². The summed E-state index contributed by atoms with van der Waals surface area (Å²) in [5.41, 5.74) is 3.68. The number of fused-ring (bicyclic) bond motifs is 1. The molecule has 5 N–H and O–H groups in total. The molecule has 0 radical (unpaired) electrons. The molecular formula is C28H34N8O4. The van der Waals surface area contributed by atoms with Crippen LogP contribution < -0.4 is 36.5 Å². The van der Waals surface area contributed by atoms with Crippen LogP contribution in [0, 0.1) is 6.92 Å². The molecule has 1 atom stereocenters. The first-order valence-corrected chi connectivity index (χ1v) is 13.3. The standard InChI is InChI=1S/C28H34N8O4/c1-17-22(16-32-27-24(17)30-10-15-40-27)34-21-8-9-31-25(37)23(21)26(38)33-19-4-6-20(7-5-19)35-11-13-36(14-12-35)28(39)18(2)29-3/h4-9,16,18,29-30H,10-15H2,1-3H3,(H,33,38)(H2,31,34,37)/t18-/m0/s1. The van der Waals surface area contributed by atoms with E-state index in [1.807, 2.05) is 30.9 Å². The molecule has 2 aliphatic rings. The number of aromatic nitrogens is 2. The first-order valence-electron chi connectivity index (χ1n) is 13.3. The topological polar surface area (TPSA) is 144 Å². The largest absolute Gasteiger partial charge is 0.474 e. The van der Waals surface area contributed by atoms with Crippen molar-refractivity contribution < 1.29 is 14.3 Å². The SMILES string of the molecule is CN[C@@H](C)C(=O)N1CCN(c2ccc(NC(=O)c3c(Nc4cnc5c(c4C)NCCO5)cc[nH]c3=O)cc2)CC1. The summed E-state index contributed by atoms with van der Waals surface area (Å²) in [5.74, 6) is 0.0991. The van der Waals surface area contributed by atoms with Gasteiger partial charge in [-0.25, -0.2) is 4.98 Å². The number of aromatic amines is 1. The predicted molar refractivity (Wildman–Crippen MR) is 155 cm³/mol. The van der Waals surface area contributed by atoms with Crippen molar-refractivity contribution in [1.82, 2.24) is 20.2 Å². The maximum atomic E-state index is 13.3. The van der Waals surface area contributed by atoms with Gasteiger partial charge in [0.05, 0.1) is 23.6 Å². The highest BCUT2D eigenvalue weighted by molar-refractivity contribution is 6.08. The van der Waals surface area contributed by atoms with Crippen molar-refractivity contribution in [2.45, 2.75) is 19.9 Å². The van der Waals surface area contributed by atoms with Gasteiger partial charge in [0, 0.05) is 55.9 Å². The number of nitrogens with one attached hydrogen (secondary N) is 5. The highest BCUT2D eigenvalue weighted by Crippen LogP contribution is 2.34. The van der Waals surface area contributed by atoms with E-state index in [4.69, 9.17) is 4.74 Å². The highest BCUT2D eigenvalue weighted by Gasteiger charge is 2.24. The summed E-state index contributed by atoms with van der Waals surface area (Å²) in [6.07, 6.45) is 3.12. The number of pyridine rings is 2. The fourth-order valence-corrected chi connectivity index (χ4v) is 4.83. The number of hydrogen-bond acceptors (Lipinski definition) is 9. The molecule has 0 unspecified atom stereocenters. The number of hydrogen-bond donors (Lipinski definition) is 5. The number of carbonyl (C=O) groups is 2. The summed E-state index contributed by atoms with van der Waals surface area (Å²) in [7, 11) is 1.78. The molecular weight excluding hydrogens is 512 g/mol. The molecule has 0 spiro atoms. The summed E-state index contributed by atoms with van der Waals surface area (Å²) in [6.45, 7) is 7.74. The molecule has 1 saturated heterocycles. The second-order valence-corrected chi connectivity index (χ2v) is 9.80. The van der Waals surface area contributed by atoms with Crippen LogP contribution in [-0.2, 0) is 4.79 Å². The number of carbonyl (C=O) groups excluding carboxylic acids is 2. The van der Waals surface area contributed by atoms with Crippen LogP contribution in [0.25, 0.3) is 0 Å². The summed E-state index contributed by atoms with van der Waals surface area (Å²) in [6, 6.07) is 8.91. The van der Waals surface area contributed by atoms with Crippen molar-refractivity contribution in [3.05, 3.63) is 64.2 Å². The van der Waals surface area contributed by atoms with E-state index < -0.39 is 11.5 Å². The molecule has 1 fully saturated rings. The quantitative estimate of drug-likeness (QED) is 0.301. The van der Waals surface area contributed by atoms with Gasteiger partial charge in [-0.1, -0.05) is 0 Å². The first kappa shape index (κ1) is 27.0. The van der Waals surface area contributed by atoms with E-state index in [2.05, 4.69) is 36.1 Å². The fourth-order valence-electron chi connectivity index (χ4n) is 4.83. The van der Waals surface area contributed by atoms with Crippen LogP contribution in [0.1, 0.15) is 22.8 Å². The third kappa shape index (κ3) is 5.57. The lowest BCUT2D eigenvalue weighted by Gasteiger charge is -2.37. The molecule has 3 aromatic rings. The maximum absolute atomic E-state index is 13.3. The Labute approximate surface area is 232 Å². The van der Waals surface area contributed by atoms with Crippen LogP contribution in [0.5, 0.6) is 5.88 Å². The monoisotopic (exact) mass is 546 g/mol. The van der Waals surface area contributed by atoms with Gasteiger partial charge in [0.15, 0.2) is 0 Å². The smallest absolute Gasteiger partial charge is 0.263 e. The summed E-state index contributed by atoms with van der Waals surface area (Å²) in [5, 5.41) is 12.3. The molecule has 2 aromatic heterocycles. The highest BCUT2D eigenvalue weighted by atomic mass is 16.5. The number of ether oxygens (including phenoxy) is 1. The number of piperazine rings is 1. The van der Waals surface area contributed by atoms with Crippen molar-refractivity contribution in [2.75, 3.05) is 67.2 Å². The third-order valence-electron chi connectivity index (χ3n) is 7.29. The number of rotatable bonds is 7. The molecule has 1 aromatic carbocycles. The van der Waals surface area contributed by atoms with E-state index in [0.29, 0.717) is 49.2 Å². The van der Waals surface area contributed by atoms with E-state index >= 15 is 0 Å². The van der Waals surface area contributed by atoms with Gasteiger partial charge < -0.3 is 40.8 Å². The Bertz CT molecular complexity index is 1450. The summed E-state index contributed by atoms with van der Waals surface area (Å²) < 4.78 is 5.59. The molecule has 2 amide bonds. The van der Waals surface area contributed by atoms with Gasteiger partial charge in [-0.2, -0.15) is 0 Å². The van der Waals surface area contributed by atoms with Gasteiger partial charge in [0.1, 0.15) is 17.9 Å². The zero-order chi connectivity index (χ0) is 28.2. The summed E-state index contributed by atoms with van der Waals surface area (Å²) >= 11 is 0. The van der Waals surface area contributed by atoms with E-state index in [9.17, 15) is 14.4 Å². The molecule has 40 heavy (non-hydrogen) atoms. The number of likely N-dealkylation sites (N-methyl/N-ethyl adjacent to an activating group) is 1. The van der Waals surface area contributed by atoms with Gasteiger partial charge >= 0.3 is 0 Å². The number of amides is 2. The third-order valence-corrected chi connectivity index (χ3v) is 7.29. The Hall–Kier alpha value is -4.58. The van der Waals surface area contributed by atoms with Crippen molar-refractivity contribution >= 4 is 40.3 Å². The van der Waals surface area contributed by atoms with E-state index in [-0.39, 0.29) is 17.5 Å². The average Bonchev–Trinajstić information content (AvgIpc) is 2.98. The lowest BCUT2D eigenvalue weighted by Crippen LogP contribution is -2.53. The van der Waals surface area contributed by atoms with E-state index in [1.54, 1.807) is 31.4 Å². The lowest BCUT2D eigenvalue weighted by atomic mass is 10.1. The van der Waals surface area contributed by atoms with Gasteiger partial charge in [0.25, 0.3) is 11.5 Å². The Morgan fingerprint density at radius 3 is 2.55 bits per heavy atom. The zero-order valence-corrected chi connectivity index (χ0v) is 22.8. The van der Waals surface area contributed by atoms with Gasteiger partial charge in [0.2, 0.25) is 11.8 Å². The summed E-state index contributed by atoms with van der Waals surface area (Å²) in [4.78, 5) is 49.4. The van der Waals surface area contributed by atoms with Gasteiger partial charge in [-0.3, -0.25) is 14.4 Å². The maximum Gasteiger partial charge on any atom is 0.263 e. The van der Waals surface area contributed by atoms with Gasteiger partial charge in [-0.05, 0) is 51.2 Å². The molecule has 0 bridgehead atoms. The second-order valence-electron chi connectivity index (χ2n) is 9.80. The van der Waals surface area contributed by atoms with Crippen molar-refractivity contribution in [3.8, 4) is 5.88 Å². The minimum Gasteiger partial charge on any atom is -0.474 e. The number of benzene rings is 1. The van der Waals surface area contributed by atoms with E-state index in [0.717, 1.165) is 30.0 Å². The lowest BCUT2D eigenvalue weighted by molar-refractivity contribution is -0.133. The van der Waals surface area contributed by atoms with Crippen LogP contribution in [0.15, 0.2) is 47.5 Å². The van der Waals surface area contributed by atoms with Crippen LogP contribution in [0.4, 0.5) is 28.4 Å². The Morgan fingerprint density at radius 1 is 1.07 bits per heavy atom. The van der Waals surface area contributed by atoms with E-state index in [1.165, 1.54) is 6.20 Å². The minimum absolute atomic E-state index is 0.0375. The molecule has 12 nitrogen and oxygen atoms in total. The van der Waals surface area contributed by atoms with Crippen LogP contribution in [-0.4, -0.2) is 79.1 Å². The van der Waals surface area contributed by atoms with Gasteiger partial charge in [-0.15, -0.1) is 0 Å². The zero-order valence-electron chi connectivity index (χ0n) is 22.8. The average molecular weight is 547 g/mol. The normalized spacial score (nSPS) is 15.4. The minimum atomic E-state index is -0.534. The molecule has 12 heteroatoms. The molecule has 0 saturated carbocycles. The number of anilines is 5. The second kappa shape index (κ2) is 11.7. The number of H-pyrrole nitrogens is 1. The number of nitrogens with zero attached hydrogens (tertiary/aromatic N) is 3. The molecule has 5 rings (SSSR count). The molecule has 4 heterocycles. The Balaban J connectivity index is 1.26. The predicted octanol–water partition coefficient (Wildman–Crippen LogP) is 2.14. The van der Waals surface area contributed by atoms with Crippen molar-refractivity contribution in [3.63, 3.8) is 0 Å². The molecule has 210 valence electrons.